The zero-order valence-corrected chi connectivity index (χ0v) is 33.2. The summed E-state index contributed by atoms with van der Waals surface area (Å²) in [5.41, 5.74) is 0.273. The van der Waals surface area contributed by atoms with E-state index in [-0.39, 0.29) is 59.9 Å². The Morgan fingerprint density at radius 2 is 1.78 bits per heavy atom. The van der Waals surface area contributed by atoms with E-state index in [4.69, 9.17) is 4.74 Å². The van der Waals surface area contributed by atoms with Crippen molar-refractivity contribution in [3.63, 3.8) is 0 Å². The third-order valence-corrected chi connectivity index (χ3v) is 11.5. The number of hydrogen-bond donors (Lipinski definition) is 3. The van der Waals surface area contributed by atoms with E-state index in [2.05, 4.69) is 46.9 Å². The number of benzene rings is 1. The van der Waals surface area contributed by atoms with Gasteiger partial charge in [-0.3, -0.25) is 19.2 Å². The number of amides is 4. The van der Waals surface area contributed by atoms with Crippen molar-refractivity contribution in [1.29, 1.82) is 0 Å². The number of aromatic nitrogens is 1. The van der Waals surface area contributed by atoms with Gasteiger partial charge in [-0.2, -0.15) is 0 Å². The van der Waals surface area contributed by atoms with Gasteiger partial charge in [-0.05, 0) is 64.0 Å². The van der Waals surface area contributed by atoms with Gasteiger partial charge in [0.15, 0.2) is 0 Å². The van der Waals surface area contributed by atoms with Gasteiger partial charge in [-0.1, -0.05) is 71.4 Å². The summed E-state index contributed by atoms with van der Waals surface area (Å²) < 4.78 is 6.00. The molecule has 0 spiro atoms. The molecule has 1 aliphatic rings. The summed E-state index contributed by atoms with van der Waals surface area (Å²) >= 11 is 1.53. The Hall–Kier alpha value is -3.35. The van der Waals surface area contributed by atoms with Gasteiger partial charge >= 0.3 is 0 Å². The fourth-order valence-corrected chi connectivity index (χ4v) is 7.57. The summed E-state index contributed by atoms with van der Waals surface area (Å²) in [5, 5.41) is 12.0. The minimum Gasteiger partial charge on any atom is -0.379 e. The van der Waals surface area contributed by atoms with Gasteiger partial charge in [0.1, 0.15) is 11.0 Å². The quantitative estimate of drug-likeness (QED) is 0.186. The lowest BCUT2D eigenvalue weighted by Crippen LogP contribution is -2.61. The van der Waals surface area contributed by atoms with Crippen LogP contribution in [0, 0.1) is 17.8 Å². The number of nitrogens with one attached hydrogen (secondary N) is 3. The standard InChI is InChI=1S/C39H62N6O5S/c1-11-26(4)34(44(9)37(48)33(25(2)3)43-38(49)39(6,7)40-8)31(50-10)24-32(46)45-20-15-18-29(45)22-27(5)35(47)42-30(36-41-19-21-51-36)23-28-16-13-12-14-17-28/h12-14,16-17,19,21,25-27,29-31,33-34,40H,11,15,18,20,22-24H2,1-10H3,(H,42,47)(H,43,49)/t26-,27+,29-,30-,31+,33-,34-/m0/s1. The third kappa shape index (κ3) is 11.3. The van der Waals surface area contributed by atoms with Crippen LogP contribution in [0.2, 0.25) is 0 Å². The van der Waals surface area contributed by atoms with Crippen LogP contribution in [0.15, 0.2) is 41.9 Å². The molecular weight excluding hydrogens is 665 g/mol. The molecule has 284 valence electrons. The Balaban J connectivity index is 1.71. The van der Waals surface area contributed by atoms with Crippen molar-refractivity contribution in [1.82, 2.24) is 30.7 Å². The van der Waals surface area contributed by atoms with Gasteiger partial charge in [0.2, 0.25) is 23.6 Å². The highest BCUT2D eigenvalue weighted by molar-refractivity contribution is 7.09. The number of nitrogens with zero attached hydrogens (tertiary/aromatic N) is 3. The van der Waals surface area contributed by atoms with Crippen LogP contribution in [-0.2, 0) is 30.3 Å². The maximum absolute atomic E-state index is 14.0. The van der Waals surface area contributed by atoms with Crippen LogP contribution in [0.25, 0.3) is 0 Å². The van der Waals surface area contributed by atoms with Crippen LogP contribution in [0.4, 0.5) is 0 Å². The van der Waals surface area contributed by atoms with Crippen molar-refractivity contribution < 1.29 is 23.9 Å². The molecule has 0 radical (unpaired) electrons. The number of likely N-dealkylation sites (tertiary alicyclic amines) is 1. The van der Waals surface area contributed by atoms with Gasteiger partial charge in [0.25, 0.3) is 0 Å². The smallest absolute Gasteiger partial charge is 0.245 e. The molecule has 7 atom stereocenters. The minimum atomic E-state index is -0.848. The molecule has 0 saturated carbocycles. The normalized spacial score (nSPS) is 18.4. The molecule has 4 amide bonds. The van der Waals surface area contributed by atoms with Crippen LogP contribution in [0.5, 0.6) is 0 Å². The summed E-state index contributed by atoms with van der Waals surface area (Å²) in [6.45, 7) is 14.0. The first-order valence-electron chi connectivity index (χ1n) is 18.5. The first-order valence-corrected chi connectivity index (χ1v) is 19.3. The Labute approximate surface area is 309 Å². The van der Waals surface area contributed by atoms with Crippen molar-refractivity contribution in [2.24, 2.45) is 17.8 Å². The molecule has 1 fully saturated rings. The molecule has 0 aliphatic carbocycles. The number of methoxy groups -OCH3 is 1. The van der Waals surface area contributed by atoms with Crippen LogP contribution in [0.1, 0.15) is 97.2 Å². The van der Waals surface area contributed by atoms with Crippen LogP contribution in [-0.4, -0.2) is 95.9 Å². The summed E-state index contributed by atoms with van der Waals surface area (Å²) in [6.07, 6.45) is 4.97. The number of carbonyl (C=O) groups excluding carboxylic acids is 4. The summed E-state index contributed by atoms with van der Waals surface area (Å²) in [7, 11) is 5.05. The molecule has 3 rings (SSSR count). The number of likely N-dealkylation sites (N-methyl/N-ethyl adjacent to an activating group) is 2. The largest absolute Gasteiger partial charge is 0.379 e. The number of carbonyl (C=O) groups is 4. The van der Waals surface area contributed by atoms with E-state index in [9.17, 15) is 19.2 Å². The van der Waals surface area contributed by atoms with Crippen LogP contribution >= 0.6 is 11.3 Å². The second-order valence-electron chi connectivity index (χ2n) is 15.0. The number of hydrogen-bond acceptors (Lipinski definition) is 8. The monoisotopic (exact) mass is 726 g/mol. The molecule has 2 aromatic rings. The lowest BCUT2D eigenvalue weighted by molar-refractivity contribution is -0.146. The van der Waals surface area contributed by atoms with E-state index >= 15 is 0 Å². The second kappa shape index (κ2) is 19.5. The molecule has 2 heterocycles. The predicted molar refractivity (Wildman–Crippen MR) is 203 cm³/mol. The first-order chi connectivity index (χ1) is 24.1. The van der Waals surface area contributed by atoms with E-state index in [1.807, 2.05) is 49.3 Å². The topological polar surface area (TPSA) is 133 Å². The first kappa shape index (κ1) is 42.1. The number of thiazole rings is 1. The Morgan fingerprint density at radius 1 is 1.10 bits per heavy atom. The Kier molecular flexibility index (Phi) is 16.1. The Morgan fingerprint density at radius 3 is 2.35 bits per heavy atom. The van der Waals surface area contributed by atoms with E-state index in [0.717, 1.165) is 29.8 Å². The molecule has 1 aliphatic heterocycles. The highest BCUT2D eigenvalue weighted by atomic mass is 32.1. The predicted octanol–water partition coefficient (Wildman–Crippen LogP) is 4.98. The molecule has 11 nitrogen and oxygen atoms in total. The maximum Gasteiger partial charge on any atom is 0.245 e. The highest BCUT2D eigenvalue weighted by Crippen LogP contribution is 2.29. The SMILES string of the molecule is CC[C@H](C)[C@@H]([C@@H](CC(=O)N1CCC[C@H]1C[C@@H](C)C(=O)N[C@@H](Cc1ccccc1)c1nccs1)OC)N(C)C(=O)[C@@H](NC(=O)C(C)(C)NC)C(C)C. The number of ether oxygens (including phenoxy) is 1. The van der Waals surface area contributed by atoms with Crippen molar-refractivity contribution in [3.05, 3.63) is 52.5 Å². The fraction of sp³-hybridized carbons (Fsp3) is 0.667. The average Bonchev–Trinajstić information content (AvgIpc) is 3.82. The molecule has 12 heteroatoms. The molecule has 3 N–H and O–H groups in total. The van der Waals surface area contributed by atoms with Crippen molar-refractivity contribution in [3.8, 4) is 0 Å². The van der Waals surface area contributed by atoms with E-state index < -0.39 is 23.7 Å². The zero-order valence-electron chi connectivity index (χ0n) is 32.4. The van der Waals surface area contributed by atoms with Crippen molar-refractivity contribution >= 4 is 35.0 Å². The summed E-state index contributed by atoms with van der Waals surface area (Å²) in [4.78, 5) is 62.8. The highest BCUT2D eigenvalue weighted by Gasteiger charge is 2.40. The summed E-state index contributed by atoms with van der Waals surface area (Å²) in [6, 6.07) is 8.63. The second-order valence-corrected chi connectivity index (χ2v) is 15.9. The minimum absolute atomic E-state index is 0.0220. The number of rotatable bonds is 19. The molecule has 0 unspecified atom stereocenters. The van der Waals surface area contributed by atoms with Gasteiger partial charge in [-0.25, -0.2) is 4.98 Å². The molecule has 1 aromatic heterocycles. The van der Waals surface area contributed by atoms with Gasteiger partial charge in [0.05, 0.1) is 30.1 Å². The lowest BCUT2D eigenvalue weighted by atomic mass is 9.89. The molecule has 0 bridgehead atoms. The van der Waals surface area contributed by atoms with Crippen LogP contribution < -0.4 is 16.0 Å². The van der Waals surface area contributed by atoms with Gasteiger partial charge in [0, 0.05) is 44.2 Å². The van der Waals surface area contributed by atoms with Gasteiger partial charge < -0.3 is 30.5 Å². The van der Waals surface area contributed by atoms with Crippen LogP contribution in [0.3, 0.4) is 0 Å². The van der Waals surface area contributed by atoms with Crippen molar-refractivity contribution in [2.45, 2.75) is 123 Å². The average molecular weight is 727 g/mol. The summed E-state index contributed by atoms with van der Waals surface area (Å²) in [5.74, 6) is -1.02. The molecule has 51 heavy (non-hydrogen) atoms. The van der Waals surface area contributed by atoms with E-state index in [0.29, 0.717) is 19.4 Å². The molecular formula is C39H62N6O5S. The van der Waals surface area contributed by atoms with E-state index in [1.165, 1.54) is 11.3 Å². The van der Waals surface area contributed by atoms with Gasteiger partial charge in [-0.15, -0.1) is 11.3 Å². The Bertz CT molecular complexity index is 1400. The lowest BCUT2D eigenvalue weighted by Gasteiger charge is -2.40. The fourth-order valence-electron chi connectivity index (χ4n) is 6.88. The van der Waals surface area contributed by atoms with E-state index in [1.54, 1.807) is 46.1 Å². The molecule has 1 aromatic carbocycles. The zero-order chi connectivity index (χ0) is 37.9. The molecule has 1 saturated heterocycles. The van der Waals surface area contributed by atoms with Crippen molar-refractivity contribution in [2.75, 3.05) is 27.7 Å². The maximum atomic E-state index is 14.0. The third-order valence-electron chi connectivity index (χ3n) is 10.6.